The second-order valence-corrected chi connectivity index (χ2v) is 3.98. The monoisotopic (exact) mass is 231 g/mol. The number of ketones is 1. The third-order valence-electron chi connectivity index (χ3n) is 2.81. The lowest BCUT2D eigenvalue weighted by atomic mass is 10.1. The van der Waals surface area contributed by atoms with E-state index in [1.807, 2.05) is 0 Å². The lowest BCUT2D eigenvalue weighted by molar-refractivity contribution is 0.0979. The number of hydrogen-bond donors (Lipinski definition) is 1. The Hall–Kier alpha value is -1.94. The van der Waals surface area contributed by atoms with Gasteiger partial charge in [0.2, 0.25) is 0 Å². The number of rotatable bonds is 1. The smallest absolute Gasteiger partial charge is 0.180 e. The van der Waals surface area contributed by atoms with Gasteiger partial charge in [0.1, 0.15) is 17.3 Å². The minimum absolute atomic E-state index is 0.0309. The van der Waals surface area contributed by atoms with Crippen molar-refractivity contribution in [2.75, 3.05) is 6.54 Å². The van der Waals surface area contributed by atoms with Crippen LogP contribution >= 0.6 is 0 Å². The van der Waals surface area contributed by atoms with E-state index in [9.17, 15) is 9.18 Å². The summed E-state index contributed by atoms with van der Waals surface area (Å²) in [6.07, 6.45) is 0. The number of hydrogen-bond acceptors (Lipinski definition) is 3. The number of Topliss-reactive ketones (excluding diaryl/α,β-unsaturated/α-hetero) is 1. The van der Waals surface area contributed by atoms with Crippen LogP contribution in [0, 0.1) is 5.82 Å². The van der Waals surface area contributed by atoms with Gasteiger partial charge in [-0.15, -0.1) is 0 Å². The molecule has 17 heavy (non-hydrogen) atoms. The van der Waals surface area contributed by atoms with Crippen LogP contribution in [0.1, 0.15) is 16.1 Å². The van der Waals surface area contributed by atoms with Crippen LogP contribution in [0.25, 0.3) is 11.3 Å². The molecule has 0 amide bonds. The molecule has 1 N–H and O–H groups in total. The number of benzene rings is 1. The largest absolute Gasteiger partial charge is 0.459 e. The zero-order valence-corrected chi connectivity index (χ0v) is 9.00. The highest BCUT2D eigenvalue weighted by molar-refractivity contribution is 6.00. The lowest BCUT2D eigenvalue weighted by Crippen LogP contribution is -2.28. The Morgan fingerprint density at radius 3 is 2.65 bits per heavy atom. The van der Waals surface area contributed by atoms with Crippen LogP contribution in [0.5, 0.6) is 0 Å². The normalized spacial score (nSPS) is 14.8. The van der Waals surface area contributed by atoms with Gasteiger partial charge in [0.15, 0.2) is 5.78 Å². The zero-order chi connectivity index (χ0) is 11.8. The van der Waals surface area contributed by atoms with Crippen LogP contribution < -0.4 is 5.32 Å². The Labute approximate surface area is 97.2 Å². The molecule has 3 rings (SSSR count). The number of carbonyl (C=O) groups is 1. The highest BCUT2D eigenvalue weighted by Crippen LogP contribution is 2.27. The molecule has 4 heteroatoms. The van der Waals surface area contributed by atoms with Crippen molar-refractivity contribution in [1.82, 2.24) is 5.32 Å². The van der Waals surface area contributed by atoms with Gasteiger partial charge >= 0.3 is 0 Å². The fourth-order valence-corrected chi connectivity index (χ4v) is 1.94. The first-order valence-electron chi connectivity index (χ1n) is 5.36. The Balaban J connectivity index is 2.05. The maximum atomic E-state index is 12.8. The quantitative estimate of drug-likeness (QED) is 0.819. The summed E-state index contributed by atoms with van der Waals surface area (Å²) in [5.74, 6) is 0.999. The van der Waals surface area contributed by atoms with E-state index in [0.717, 1.165) is 5.56 Å². The molecule has 1 aliphatic heterocycles. The summed E-state index contributed by atoms with van der Waals surface area (Å²) in [7, 11) is 0. The average Bonchev–Trinajstić information content (AvgIpc) is 2.75. The predicted molar refractivity (Wildman–Crippen MR) is 60.1 cm³/mol. The van der Waals surface area contributed by atoms with Gasteiger partial charge in [-0.25, -0.2) is 4.39 Å². The average molecular weight is 231 g/mol. The first-order valence-corrected chi connectivity index (χ1v) is 5.36. The Morgan fingerprint density at radius 1 is 1.18 bits per heavy atom. The van der Waals surface area contributed by atoms with Crippen LogP contribution in [0.4, 0.5) is 4.39 Å². The van der Waals surface area contributed by atoms with E-state index in [-0.39, 0.29) is 11.6 Å². The molecular formula is C13H10FNO2. The van der Waals surface area contributed by atoms with Crippen LogP contribution in [0.15, 0.2) is 34.7 Å². The van der Waals surface area contributed by atoms with Gasteiger partial charge in [0.25, 0.3) is 0 Å². The van der Waals surface area contributed by atoms with E-state index in [1.165, 1.54) is 12.1 Å². The Bertz CT molecular complexity index is 572. The van der Waals surface area contributed by atoms with Gasteiger partial charge in [-0.2, -0.15) is 0 Å². The number of fused-ring (bicyclic) bond motifs is 1. The molecule has 3 nitrogen and oxygen atoms in total. The molecule has 0 radical (unpaired) electrons. The van der Waals surface area contributed by atoms with Crippen molar-refractivity contribution in [3.8, 4) is 11.3 Å². The first kappa shape index (κ1) is 10.2. The summed E-state index contributed by atoms with van der Waals surface area (Å²) in [4.78, 5) is 11.6. The molecule has 0 atom stereocenters. The third kappa shape index (κ3) is 1.76. The van der Waals surface area contributed by atoms with E-state index < -0.39 is 0 Å². The van der Waals surface area contributed by atoms with Crippen molar-refractivity contribution in [3.05, 3.63) is 47.5 Å². The maximum absolute atomic E-state index is 12.8. The molecule has 0 saturated heterocycles. The summed E-state index contributed by atoms with van der Waals surface area (Å²) >= 11 is 0. The number of furan rings is 1. The van der Waals surface area contributed by atoms with Crippen LogP contribution in [-0.4, -0.2) is 12.3 Å². The van der Waals surface area contributed by atoms with E-state index in [2.05, 4.69) is 5.32 Å². The van der Waals surface area contributed by atoms with Crippen molar-refractivity contribution >= 4 is 5.78 Å². The van der Waals surface area contributed by atoms with Gasteiger partial charge in [-0.1, -0.05) is 0 Å². The summed E-state index contributed by atoms with van der Waals surface area (Å²) in [5.41, 5.74) is 1.40. The van der Waals surface area contributed by atoms with Crippen molar-refractivity contribution in [1.29, 1.82) is 0 Å². The second kappa shape index (κ2) is 3.82. The molecule has 1 aromatic heterocycles. The SMILES string of the molecule is O=C1CNCc2oc(-c3ccc(F)cc3)cc21. The second-order valence-electron chi connectivity index (χ2n) is 3.98. The van der Waals surface area contributed by atoms with Crippen LogP contribution in [0.2, 0.25) is 0 Å². The molecule has 1 aromatic carbocycles. The molecule has 0 spiro atoms. The molecule has 2 heterocycles. The Kier molecular flexibility index (Phi) is 2.30. The van der Waals surface area contributed by atoms with Crippen LogP contribution in [0.3, 0.4) is 0 Å². The molecule has 2 aromatic rings. The summed E-state index contributed by atoms with van der Waals surface area (Å²) in [6.45, 7) is 0.900. The first-order chi connectivity index (χ1) is 8.24. The van der Waals surface area contributed by atoms with Gasteiger partial charge in [-0.3, -0.25) is 4.79 Å². The zero-order valence-electron chi connectivity index (χ0n) is 9.00. The number of halogens is 1. The number of nitrogens with one attached hydrogen (secondary N) is 1. The van der Waals surface area contributed by atoms with Gasteiger partial charge in [-0.05, 0) is 30.3 Å². The minimum atomic E-state index is -0.289. The molecule has 86 valence electrons. The van der Waals surface area contributed by atoms with Crippen LogP contribution in [-0.2, 0) is 6.54 Å². The van der Waals surface area contributed by atoms with Crippen molar-refractivity contribution in [2.45, 2.75) is 6.54 Å². The molecule has 0 unspecified atom stereocenters. The maximum Gasteiger partial charge on any atom is 0.180 e. The minimum Gasteiger partial charge on any atom is -0.459 e. The van der Waals surface area contributed by atoms with Gasteiger partial charge in [0.05, 0.1) is 18.7 Å². The summed E-state index contributed by atoms with van der Waals surface area (Å²) in [6, 6.07) is 7.74. The molecule has 0 bridgehead atoms. The van der Waals surface area contributed by atoms with E-state index in [4.69, 9.17) is 4.42 Å². The van der Waals surface area contributed by atoms with Gasteiger partial charge in [0, 0.05) is 5.56 Å². The highest BCUT2D eigenvalue weighted by atomic mass is 19.1. The molecule has 0 fully saturated rings. The van der Waals surface area contributed by atoms with Gasteiger partial charge < -0.3 is 9.73 Å². The standard InChI is InChI=1S/C13H10FNO2/c14-9-3-1-8(2-4-9)12-5-10-11(16)6-15-7-13(10)17-12/h1-5,15H,6-7H2. The summed E-state index contributed by atoms with van der Waals surface area (Å²) in [5, 5.41) is 2.96. The molecule has 0 aliphatic carbocycles. The fraction of sp³-hybridized carbons (Fsp3) is 0.154. The molecule has 1 aliphatic rings. The van der Waals surface area contributed by atoms with Crippen molar-refractivity contribution in [3.63, 3.8) is 0 Å². The topological polar surface area (TPSA) is 42.2 Å². The Morgan fingerprint density at radius 2 is 1.94 bits per heavy atom. The van der Waals surface area contributed by atoms with Crippen molar-refractivity contribution in [2.24, 2.45) is 0 Å². The van der Waals surface area contributed by atoms with E-state index in [0.29, 0.717) is 30.2 Å². The fourth-order valence-electron chi connectivity index (χ4n) is 1.94. The molecular weight excluding hydrogens is 221 g/mol. The lowest BCUT2D eigenvalue weighted by Gasteiger charge is -2.08. The third-order valence-corrected chi connectivity index (χ3v) is 2.81. The van der Waals surface area contributed by atoms with E-state index >= 15 is 0 Å². The van der Waals surface area contributed by atoms with Crippen molar-refractivity contribution < 1.29 is 13.6 Å². The molecule has 0 saturated carbocycles. The van der Waals surface area contributed by atoms with E-state index in [1.54, 1.807) is 18.2 Å². The highest BCUT2D eigenvalue weighted by Gasteiger charge is 2.22. The summed E-state index contributed by atoms with van der Waals surface area (Å²) < 4.78 is 18.4. The number of carbonyl (C=O) groups excluding carboxylic acids is 1. The predicted octanol–water partition coefficient (Wildman–Crippen LogP) is 2.37.